The van der Waals surface area contributed by atoms with Crippen molar-refractivity contribution < 1.29 is 24.1 Å². The minimum absolute atomic E-state index is 0.176. The predicted molar refractivity (Wildman–Crippen MR) is 127 cm³/mol. The molecule has 2 atom stereocenters. The van der Waals surface area contributed by atoms with Gasteiger partial charge in [0.1, 0.15) is 17.2 Å². The molecule has 2 aliphatic heterocycles. The van der Waals surface area contributed by atoms with Crippen molar-refractivity contribution in [2.45, 2.75) is 44.8 Å². The van der Waals surface area contributed by atoms with Gasteiger partial charge in [-0.05, 0) is 13.0 Å². The van der Waals surface area contributed by atoms with Crippen molar-refractivity contribution in [3.8, 4) is 17.0 Å². The normalized spacial score (nSPS) is 20.5. The lowest BCUT2D eigenvalue weighted by Gasteiger charge is -2.34. The second-order valence-electron chi connectivity index (χ2n) is 9.14. The van der Waals surface area contributed by atoms with Gasteiger partial charge in [-0.25, -0.2) is 9.97 Å². The van der Waals surface area contributed by atoms with Crippen molar-refractivity contribution in [1.29, 1.82) is 0 Å². The standard InChI is InChI=1S/C25H30N4O5/c1-15(30)4-7-33-22-11-20(28-24-17(22)5-8-34-25(24)6-9-32-14-25)19-13-29(3)21-12-26-23(10-18(19)21)27-16(2)31/h10-13,15,30H,4-9,14H2,1-3H3,(H,26,27,31)/t15-,25?/m1/s1. The van der Waals surface area contributed by atoms with Gasteiger partial charge in [-0.15, -0.1) is 0 Å². The Hall–Kier alpha value is -3.01. The lowest BCUT2D eigenvalue weighted by molar-refractivity contribution is -0.114. The molecule has 3 aromatic heterocycles. The number of ether oxygens (including phenoxy) is 3. The number of hydrogen-bond acceptors (Lipinski definition) is 7. The highest BCUT2D eigenvalue weighted by Crippen LogP contribution is 2.44. The van der Waals surface area contributed by atoms with Gasteiger partial charge in [0.15, 0.2) is 0 Å². The monoisotopic (exact) mass is 466 g/mol. The number of amides is 1. The largest absolute Gasteiger partial charge is 0.493 e. The molecular formula is C25H30N4O5. The van der Waals surface area contributed by atoms with E-state index in [1.165, 1.54) is 6.92 Å². The Kier molecular flexibility index (Phi) is 6.01. The van der Waals surface area contributed by atoms with Gasteiger partial charge in [-0.3, -0.25) is 4.79 Å². The van der Waals surface area contributed by atoms with Crippen molar-refractivity contribution in [3.63, 3.8) is 0 Å². The van der Waals surface area contributed by atoms with E-state index in [1.807, 2.05) is 29.9 Å². The number of nitrogens with one attached hydrogen (secondary N) is 1. The number of aliphatic hydroxyl groups excluding tert-OH is 1. The number of aryl methyl sites for hydroxylation is 1. The lowest BCUT2D eigenvalue weighted by Crippen LogP contribution is -2.37. The van der Waals surface area contributed by atoms with Gasteiger partial charge in [-0.1, -0.05) is 0 Å². The van der Waals surface area contributed by atoms with Gasteiger partial charge in [0.2, 0.25) is 5.91 Å². The quantitative estimate of drug-likeness (QED) is 0.575. The van der Waals surface area contributed by atoms with Gasteiger partial charge in [0.05, 0.1) is 49.0 Å². The molecule has 1 fully saturated rings. The Morgan fingerprint density at radius 2 is 2.24 bits per heavy atom. The van der Waals surface area contributed by atoms with Crippen molar-refractivity contribution in [2.75, 3.05) is 31.7 Å². The van der Waals surface area contributed by atoms with E-state index in [2.05, 4.69) is 10.3 Å². The van der Waals surface area contributed by atoms with E-state index in [4.69, 9.17) is 19.2 Å². The van der Waals surface area contributed by atoms with Crippen LogP contribution in [0.15, 0.2) is 24.5 Å². The van der Waals surface area contributed by atoms with Crippen LogP contribution in [-0.2, 0) is 33.3 Å². The van der Waals surface area contributed by atoms with Crippen molar-refractivity contribution in [1.82, 2.24) is 14.5 Å². The van der Waals surface area contributed by atoms with Crippen LogP contribution in [0.5, 0.6) is 5.75 Å². The molecule has 1 saturated heterocycles. The van der Waals surface area contributed by atoms with Crippen LogP contribution >= 0.6 is 0 Å². The Morgan fingerprint density at radius 1 is 1.38 bits per heavy atom. The molecular weight excluding hydrogens is 436 g/mol. The topological polar surface area (TPSA) is 108 Å². The third kappa shape index (κ3) is 4.15. The third-order valence-electron chi connectivity index (χ3n) is 6.48. The number of anilines is 1. The van der Waals surface area contributed by atoms with E-state index >= 15 is 0 Å². The van der Waals surface area contributed by atoms with Gasteiger partial charge >= 0.3 is 0 Å². The summed E-state index contributed by atoms with van der Waals surface area (Å²) < 4.78 is 20.2. The molecule has 0 saturated carbocycles. The summed E-state index contributed by atoms with van der Waals surface area (Å²) in [5.41, 5.74) is 3.94. The summed E-state index contributed by atoms with van der Waals surface area (Å²) in [7, 11) is 1.96. The number of carbonyl (C=O) groups is 1. The number of pyridine rings is 2. The summed E-state index contributed by atoms with van der Waals surface area (Å²) in [6, 6.07) is 3.84. The van der Waals surface area contributed by atoms with E-state index < -0.39 is 11.7 Å². The highest BCUT2D eigenvalue weighted by atomic mass is 16.6. The second-order valence-corrected chi connectivity index (χ2v) is 9.14. The maximum absolute atomic E-state index is 11.6. The average molecular weight is 467 g/mol. The van der Waals surface area contributed by atoms with Crippen LogP contribution in [0.1, 0.15) is 37.9 Å². The summed E-state index contributed by atoms with van der Waals surface area (Å²) >= 11 is 0. The molecule has 180 valence electrons. The van der Waals surface area contributed by atoms with Crippen molar-refractivity contribution in [2.24, 2.45) is 7.05 Å². The van der Waals surface area contributed by atoms with Gasteiger partial charge in [-0.2, -0.15) is 0 Å². The summed E-state index contributed by atoms with van der Waals surface area (Å²) in [5, 5.41) is 13.4. The second kappa shape index (κ2) is 8.98. The fraction of sp³-hybridized carbons (Fsp3) is 0.480. The molecule has 9 heteroatoms. The van der Waals surface area contributed by atoms with Crippen molar-refractivity contribution in [3.05, 3.63) is 35.8 Å². The maximum Gasteiger partial charge on any atom is 0.222 e. The van der Waals surface area contributed by atoms with Crippen LogP contribution in [0.3, 0.4) is 0 Å². The summed E-state index contributed by atoms with van der Waals surface area (Å²) in [6.45, 7) is 5.31. The van der Waals surface area contributed by atoms with E-state index in [9.17, 15) is 9.90 Å². The zero-order valence-corrected chi connectivity index (χ0v) is 19.8. The lowest BCUT2D eigenvalue weighted by atomic mass is 9.89. The van der Waals surface area contributed by atoms with Crippen molar-refractivity contribution >= 4 is 22.6 Å². The molecule has 3 aromatic rings. The van der Waals surface area contributed by atoms with Crippen LogP contribution in [0.25, 0.3) is 22.2 Å². The number of rotatable bonds is 6. The summed E-state index contributed by atoms with van der Waals surface area (Å²) in [5.74, 6) is 1.08. The van der Waals surface area contributed by atoms with E-state index in [0.717, 1.165) is 45.6 Å². The SMILES string of the molecule is CC(=O)Nc1cc2c(-c3cc(OCC[C@@H](C)O)c4c(n3)C3(CCOC3)OCC4)cn(C)c2cn1. The molecule has 9 nitrogen and oxygen atoms in total. The molecule has 5 heterocycles. The third-order valence-corrected chi connectivity index (χ3v) is 6.48. The molecule has 1 amide bonds. The first-order valence-corrected chi connectivity index (χ1v) is 11.7. The Labute approximate surface area is 198 Å². The smallest absolute Gasteiger partial charge is 0.222 e. The molecule has 0 bridgehead atoms. The van der Waals surface area contributed by atoms with E-state index in [-0.39, 0.29) is 5.91 Å². The molecule has 1 unspecified atom stereocenters. The molecule has 2 aliphatic rings. The first kappa shape index (κ1) is 22.8. The molecule has 0 aromatic carbocycles. The number of aliphatic hydroxyl groups is 1. The summed E-state index contributed by atoms with van der Waals surface area (Å²) in [4.78, 5) is 21.1. The van der Waals surface area contributed by atoms with Gasteiger partial charge in [0, 0.05) is 68.6 Å². The minimum atomic E-state index is -0.570. The fourth-order valence-electron chi connectivity index (χ4n) is 4.77. The number of fused-ring (bicyclic) bond motifs is 3. The van der Waals surface area contributed by atoms with Crippen LogP contribution in [0.2, 0.25) is 0 Å². The zero-order valence-electron chi connectivity index (χ0n) is 19.8. The van der Waals surface area contributed by atoms with E-state index in [1.54, 1.807) is 13.1 Å². The Balaban J connectivity index is 1.65. The summed E-state index contributed by atoms with van der Waals surface area (Å²) in [6.07, 6.45) is 5.32. The zero-order chi connectivity index (χ0) is 23.9. The molecule has 0 aliphatic carbocycles. The average Bonchev–Trinajstić information content (AvgIpc) is 3.38. The number of aromatic nitrogens is 3. The Morgan fingerprint density at radius 3 is 2.97 bits per heavy atom. The van der Waals surface area contributed by atoms with Crippen LogP contribution in [0.4, 0.5) is 5.82 Å². The maximum atomic E-state index is 11.6. The molecule has 0 radical (unpaired) electrons. The number of nitrogens with zero attached hydrogens (tertiary/aromatic N) is 3. The van der Waals surface area contributed by atoms with Gasteiger partial charge in [0.25, 0.3) is 0 Å². The molecule has 34 heavy (non-hydrogen) atoms. The highest BCUT2D eigenvalue weighted by molar-refractivity contribution is 5.98. The first-order chi connectivity index (χ1) is 16.4. The molecule has 5 rings (SSSR count). The number of carbonyl (C=O) groups excluding carboxylic acids is 1. The Bertz CT molecular complexity index is 1230. The van der Waals surface area contributed by atoms with Gasteiger partial charge < -0.3 is 29.2 Å². The van der Waals surface area contributed by atoms with E-state index in [0.29, 0.717) is 45.1 Å². The fourth-order valence-corrected chi connectivity index (χ4v) is 4.77. The van der Waals surface area contributed by atoms with Crippen LogP contribution in [0, 0.1) is 0 Å². The number of hydrogen-bond donors (Lipinski definition) is 2. The molecule has 1 spiro atoms. The minimum Gasteiger partial charge on any atom is -0.493 e. The molecule has 2 N–H and O–H groups in total. The van der Waals surface area contributed by atoms with Crippen LogP contribution < -0.4 is 10.1 Å². The van der Waals surface area contributed by atoms with Crippen LogP contribution in [-0.4, -0.2) is 58.1 Å². The predicted octanol–water partition coefficient (Wildman–Crippen LogP) is 2.93. The highest BCUT2D eigenvalue weighted by Gasteiger charge is 2.44. The first-order valence-electron chi connectivity index (χ1n) is 11.7.